The Bertz CT molecular complexity index is 503. The number of nitrogens with two attached hydrogens (primary N) is 1. The number of hydrogen-bond acceptors (Lipinski definition) is 3. The zero-order valence-electron chi connectivity index (χ0n) is 14.5. The summed E-state index contributed by atoms with van der Waals surface area (Å²) in [6.07, 6.45) is 4.83. The van der Waals surface area contributed by atoms with E-state index in [4.69, 9.17) is 5.73 Å². The van der Waals surface area contributed by atoms with Crippen LogP contribution in [0.1, 0.15) is 48.5 Å². The third kappa shape index (κ3) is 4.93. The van der Waals surface area contributed by atoms with Gasteiger partial charge in [0, 0.05) is 24.2 Å². The van der Waals surface area contributed by atoms with Gasteiger partial charge in [0.1, 0.15) is 0 Å². The van der Waals surface area contributed by atoms with Crippen LogP contribution in [-0.2, 0) is 6.54 Å². The second-order valence-corrected chi connectivity index (χ2v) is 6.90. The van der Waals surface area contributed by atoms with Gasteiger partial charge < -0.3 is 16.0 Å². The van der Waals surface area contributed by atoms with E-state index in [-0.39, 0.29) is 23.9 Å². The van der Waals surface area contributed by atoms with Gasteiger partial charge in [-0.15, -0.1) is 12.4 Å². The lowest BCUT2D eigenvalue weighted by Crippen LogP contribution is -2.55. The van der Waals surface area contributed by atoms with Crippen molar-refractivity contribution in [2.75, 3.05) is 20.6 Å². The molecule has 0 spiro atoms. The molecule has 1 saturated carbocycles. The number of rotatable bonds is 5. The molecular weight excluding hydrogens is 310 g/mol. The van der Waals surface area contributed by atoms with Gasteiger partial charge >= 0.3 is 0 Å². The van der Waals surface area contributed by atoms with E-state index in [0.29, 0.717) is 18.7 Å². The average molecular weight is 340 g/mol. The molecule has 2 unspecified atom stereocenters. The molecular formula is C18H30ClN3O. The third-order valence-electron chi connectivity index (χ3n) is 5.05. The summed E-state index contributed by atoms with van der Waals surface area (Å²) in [5.74, 6) is 0.722. The van der Waals surface area contributed by atoms with Crippen LogP contribution >= 0.6 is 12.4 Å². The number of hydrogen-bond donors (Lipinski definition) is 2. The molecule has 1 fully saturated rings. The molecule has 1 aromatic carbocycles. The molecule has 2 atom stereocenters. The van der Waals surface area contributed by atoms with Crippen molar-refractivity contribution in [2.24, 2.45) is 11.7 Å². The Kier molecular flexibility index (Phi) is 7.52. The Morgan fingerprint density at radius 1 is 1.35 bits per heavy atom. The van der Waals surface area contributed by atoms with Gasteiger partial charge in [-0.2, -0.15) is 0 Å². The number of nitrogens with one attached hydrogen (secondary N) is 1. The highest BCUT2D eigenvalue weighted by Gasteiger charge is 2.37. The minimum Gasteiger partial charge on any atom is -0.350 e. The maximum atomic E-state index is 12.4. The van der Waals surface area contributed by atoms with Crippen molar-refractivity contribution in [1.29, 1.82) is 0 Å². The normalized spacial score (nSPS) is 24.1. The summed E-state index contributed by atoms with van der Waals surface area (Å²) < 4.78 is 0. The summed E-state index contributed by atoms with van der Waals surface area (Å²) >= 11 is 0. The third-order valence-corrected chi connectivity index (χ3v) is 5.05. The number of nitrogens with zero attached hydrogens (tertiary/aromatic N) is 1. The van der Waals surface area contributed by atoms with Crippen LogP contribution in [-0.4, -0.2) is 37.0 Å². The Morgan fingerprint density at radius 2 is 2.00 bits per heavy atom. The summed E-state index contributed by atoms with van der Waals surface area (Å²) in [6, 6.07) is 7.53. The van der Waals surface area contributed by atoms with Gasteiger partial charge in [-0.25, -0.2) is 0 Å². The molecule has 1 aliphatic carbocycles. The van der Waals surface area contributed by atoms with Gasteiger partial charge in [0.2, 0.25) is 0 Å². The lowest BCUT2D eigenvalue weighted by Gasteiger charge is -2.45. The summed E-state index contributed by atoms with van der Waals surface area (Å²) in [5, 5.41) is 3.14. The summed E-state index contributed by atoms with van der Waals surface area (Å²) in [5.41, 5.74) is 7.43. The zero-order chi connectivity index (χ0) is 16.2. The van der Waals surface area contributed by atoms with E-state index in [0.717, 1.165) is 24.3 Å². The van der Waals surface area contributed by atoms with Crippen LogP contribution in [0.3, 0.4) is 0 Å². The lowest BCUT2D eigenvalue weighted by atomic mass is 9.75. The zero-order valence-corrected chi connectivity index (χ0v) is 15.3. The second-order valence-electron chi connectivity index (χ2n) is 6.90. The quantitative estimate of drug-likeness (QED) is 0.867. The molecule has 23 heavy (non-hydrogen) atoms. The smallest absolute Gasteiger partial charge is 0.251 e. The van der Waals surface area contributed by atoms with Gasteiger partial charge in [0.05, 0.1) is 0 Å². The van der Waals surface area contributed by atoms with Crippen molar-refractivity contribution < 1.29 is 4.79 Å². The van der Waals surface area contributed by atoms with Gasteiger partial charge in [-0.3, -0.25) is 4.79 Å². The number of carbonyl (C=O) groups excluding carboxylic acids is 1. The molecule has 1 aliphatic rings. The van der Waals surface area contributed by atoms with Crippen LogP contribution in [0.15, 0.2) is 24.3 Å². The highest BCUT2D eigenvalue weighted by atomic mass is 35.5. The molecule has 0 aromatic heterocycles. The number of benzene rings is 1. The summed E-state index contributed by atoms with van der Waals surface area (Å²) in [4.78, 5) is 14.7. The highest BCUT2D eigenvalue weighted by molar-refractivity contribution is 5.94. The largest absolute Gasteiger partial charge is 0.350 e. The SMILES string of the molecule is CC1CCCC(CNC(=O)c2ccc(CN)cc2)(N(C)C)C1.Cl. The minimum atomic E-state index is 0. The Labute approximate surface area is 146 Å². The number of amides is 1. The van der Waals surface area contributed by atoms with Crippen molar-refractivity contribution >= 4 is 18.3 Å². The van der Waals surface area contributed by atoms with Crippen LogP contribution in [0, 0.1) is 5.92 Å². The molecule has 0 radical (unpaired) electrons. The molecule has 130 valence electrons. The first-order chi connectivity index (χ1) is 10.5. The van der Waals surface area contributed by atoms with E-state index >= 15 is 0 Å². The van der Waals surface area contributed by atoms with Gasteiger partial charge in [-0.05, 0) is 50.6 Å². The topological polar surface area (TPSA) is 58.4 Å². The van der Waals surface area contributed by atoms with Gasteiger partial charge in [0.25, 0.3) is 5.91 Å². The van der Waals surface area contributed by atoms with E-state index in [9.17, 15) is 4.79 Å². The highest BCUT2D eigenvalue weighted by Crippen LogP contribution is 2.35. The monoisotopic (exact) mass is 339 g/mol. The van der Waals surface area contributed by atoms with Crippen LogP contribution in [0.25, 0.3) is 0 Å². The maximum Gasteiger partial charge on any atom is 0.251 e. The van der Waals surface area contributed by atoms with Crippen LogP contribution in [0.2, 0.25) is 0 Å². The van der Waals surface area contributed by atoms with Gasteiger partial charge in [-0.1, -0.05) is 31.9 Å². The van der Waals surface area contributed by atoms with Crippen molar-refractivity contribution in [3.8, 4) is 0 Å². The molecule has 4 nitrogen and oxygen atoms in total. The standard InChI is InChI=1S/C18H29N3O.ClH/c1-14-5-4-10-18(11-14,21(2)3)13-20-17(22)16-8-6-15(12-19)7-9-16;/h6-9,14H,4-5,10-13,19H2,1-3H3,(H,20,22);1H. The molecule has 3 N–H and O–H groups in total. The summed E-state index contributed by atoms with van der Waals surface area (Å²) in [7, 11) is 4.25. The molecule has 1 aromatic rings. The van der Waals surface area contributed by atoms with Crippen molar-refractivity contribution in [3.63, 3.8) is 0 Å². The number of likely N-dealkylation sites (N-methyl/N-ethyl adjacent to an activating group) is 1. The molecule has 0 saturated heterocycles. The van der Waals surface area contributed by atoms with Crippen molar-refractivity contribution in [3.05, 3.63) is 35.4 Å². The minimum absolute atomic E-state index is 0. The Balaban J connectivity index is 0.00000264. The Morgan fingerprint density at radius 3 is 2.52 bits per heavy atom. The van der Waals surface area contributed by atoms with E-state index in [1.165, 1.54) is 12.8 Å². The van der Waals surface area contributed by atoms with E-state index in [2.05, 4.69) is 31.2 Å². The molecule has 0 bridgehead atoms. The van der Waals surface area contributed by atoms with Crippen molar-refractivity contribution in [2.45, 2.75) is 44.7 Å². The van der Waals surface area contributed by atoms with E-state index in [1.54, 1.807) is 0 Å². The predicted octanol–water partition coefficient (Wildman–Crippen LogP) is 2.81. The van der Waals surface area contributed by atoms with Crippen LogP contribution in [0.5, 0.6) is 0 Å². The molecule has 0 aliphatic heterocycles. The molecule has 0 heterocycles. The first kappa shape index (κ1) is 19.9. The maximum absolute atomic E-state index is 12.4. The number of carbonyl (C=O) groups is 1. The second kappa shape index (κ2) is 8.67. The van der Waals surface area contributed by atoms with Crippen molar-refractivity contribution in [1.82, 2.24) is 10.2 Å². The summed E-state index contributed by atoms with van der Waals surface area (Å²) in [6.45, 7) is 3.52. The lowest BCUT2D eigenvalue weighted by molar-refractivity contribution is 0.0675. The van der Waals surface area contributed by atoms with Crippen LogP contribution < -0.4 is 11.1 Å². The fourth-order valence-electron chi connectivity index (χ4n) is 3.50. The fourth-order valence-corrected chi connectivity index (χ4v) is 3.50. The molecule has 5 heteroatoms. The first-order valence-corrected chi connectivity index (χ1v) is 8.21. The average Bonchev–Trinajstić information content (AvgIpc) is 2.52. The van der Waals surface area contributed by atoms with Crippen LogP contribution in [0.4, 0.5) is 0 Å². The predicted molar refractivity (Wildman–Crippen MR) is 98.0 cm³/mol. The van der Waals surface area contributed by atoms with E-state index in [1.807, 2.05) is 24.3 Å². The molecule has 2 rings (SSSR count). The molecule has 1 amide bonds. The fraction of sp³-hybridized carbons (Fsp3) is 0.611. The first-order valence-electron chi connectivity index (χ1n) is 8.21. The van der Waals surface area contributed by atoms with E-state index < -0.39 is 0 Å². The Hall–Kier alpha value is -1.10. The number of halogens is 1. The van der Waals surface area contributed by atoms with Gasteiger partial charge in [0.15, 0.2) is 0 Å².